The molecule has 1 aliphatic rings. The third-order valence-electron chi connectivity index (χ3n) is 4.65. The van der Waals surface area contributed by atoms with E-state index >= 15 is 0 Å². The maximum Gasteiger partial charge on any atom is 0.295 e. The number of aliphatic hydroxyl groups excluding tert-OH is 1. The molecule has 1 fully saturated rings. The molecule has 0 bridgehead atoms. The third kappa shape index (κ3) is 3.66. The van der Waals surface area contributed by atoms with Gasteiger partial charge in [-0.05, 0) is 44.4 Å². The minimum Gasteiger partial charge on any atom is -0.507 e. The van der Waals surface area contributed by atoms with E-state index in [4.69, 9.17) is 0 Å². The molecule has 1 atom stereocenters. The average Bonchev–Trinajstić information content (AvgIpc) is 2.91. The van der Waals surface area contributed by atoms with E-state index in [9.17, 15) is 23.5 Å². The van der Waals surface area contributed by atoms with Crippen LogP contribution in [-0.4, -0.2) is 53.8 Å². The van der Waals surface area contributed by atoms with Gasteiger partial charge in [0.2, 0.25) is 0 Å². The van der Waals surface area contributed by atoms with Crippen LogP contribution < -0.4 is 0 Å². The number of likely N-dealkylation sites (tertiary alicyclic amines) is 1. The molecule has 5 nitrogen and oxygen atoms in total. The first-order valence-electron chi connectivity index (χ1n) is 8.74. The fraction of sp³-hybridized carbons (Fsp3) is 0.238. The van der Waals surface area contributed by atoms with Gasteiger partial charge in [0.05, 0.1) is 11.6 Å². The highest BCUT2D eigenvalue weighted by molar-refractivity contribution is 6.46. The van der Waals surface area contributed by atoms with Crippen LogP contribution in [0.1, 0.15) is 17.2 Å². The molecule has 0 aliphatic carbocycles. The van der Waals surface area contributed by atoms with Gasteiger partial charge in [0.15, 0.2) is 0 Å². The highest BCUT2D eigenvalue weighted by Crippen LogP contribution is 2.40. The maximum absolute atomic E-state index is 14.5. The van der Waals surface area contributed by atoms with E-state index in [1.807, 2.05) is 19.0 Å². The summed E-state index contributed by atoms with van der Waals surface area (Å²) in [5.41, 5.74) is 0.0814. The molecule has 1 aliphatic heterocycles. The average molecular weight is 386 g/mol. The number of aliphatic hydroxyl groups is 1. The molecule has 1 N–H and O–H groups in total. The van der Waals surface area contributed by atoms with Crippen LogP contribution in [0.5, 0.6) is 0 Å². The van der Waals surface area contributed by atoms with Crippen molar-refractivity contribution < 1.29 is 23.5 Å². The Hall–Kier alpha value is -3.06. The zero-order valence-electron chi connectivity index (χ0n) is 15.5. The number of halogens is 2. The largest absolute Gasteiger partial charge is 0.507 e. The number of carbonyl (C=O) groups excluding carboxylic acids is 2. The second kappa shape index (κ2) is 7.90. The lowest BCUT2D eigenvalue weighted by atomic mass is 9.95. The maximum atomic E-state index is 14.5. The number of amides is 1. The molecule has 0 radical (unpaired) electrons. The van der Waals surface area contributed by atoms with Crippen molar-refractivity contribution in [3.63, 3.8) is 0 Å². The Kier molecular flexibility index (Phi) is 5.56. The van der Waals surface area contributed by atoms with Gasteiger partial charge in [-0.2, -0.15) is 0 Å². The van der Waals surface area contributed by atoms with E-state index in [0.29, 0.717) is 6.54 Å². The number of benzene rings is 2. The van der Waals surface area contributed by atoms with Gasteiger partial charge in [-0.15, -0.1) is 0 Å². The van der Waals surface area contributed by atoms with E-state index < -0.39 is 35.1 Å². The highest BCUT2D eigenvalue weighted by atomic mass is 19.1. The number of hydrogen-bond donors (Lipinski definition) is 1. The Morgan fingerprint density at radius 1 is 1.07 bits per heavy atom. The molecule has 1 saturated heterocycles. The summed E-state index contributed by atoms with van der Waals surface area (Å²) in [5.74, 6) is -3.26. The van der Waals surface area contributed by atoms with E-state index in [1.54, 1.807) is 6.07 Å². The minimum atomic E-state index is -1.06. The van der Waals surface area contributed by atoms with Crippen molar-refractivity contribution in [3.05, 3.63) is 76.9 Å². The number of ketones is 1. The first kappa shape index (κ1) is 19.7. The molecule has 2 aromatic carbocycles. The summed E-state index contributed by atoms with van der Waals surface area (Å²) in [6.07, 6.45) is 0. The Labute approximate surface area is 161 Å². The third-order valence-corrected chi connectivity index (χ3v) is 4.65. The summed E-state index contributed by atoms with van der Waals surface area (Å²) in [6.45, 7) is 0.630. The normalized spacial score (nSPS) is 18.9. The van der Waals surface area contributed by atoms with Crippen molar-refractivity contribution in [1.82, 2.24) is 9.80 Å². The van der Waals surface area contributed by atoms with Gasteiger partial charge in [0.25, 0.3) is 11.7 Å². The molecule has 28 heavy (non-hydrogen) atoms. The number of Topliss-reactive ketones (excluding diaryl/α,β-unsaturated/α-hetero) is 1. The molecule has 1 heterocycles. The van der Waals surface area contributed by atoms with Crippen molar-refractivity contribution in [1.29, 1.82) is 0 Å². The molecule has 3 rings (SSSR count). The smallest absolute Gasteiger partial charge is 0.295 e. The van der Waals surface area contributed by atoms with Crippen LogP contribution in [0.3, 0.4) is 0 Å². The van der Waals surface area contributed by atoms with Crippen LogP contribution >= 0.6 is 0 Å². The highest BCUT2D eigenvalue weighted by Gasteiger charge is 2.46. The minimum absolute atomic E-state index is 0.115. The van der Waals surface area contributed by atoms with Gasteiger partial charge in [-0.25, -0.2) is 8.78 Å². The van der Waals surface area contributed by atoms with E-state index in [2.05, 4.69) is 0 Å². The Morgan fingerprint density at radius 3 is 2.32 bits per heavy atom. The van der Waals surface area contributed by atoms with Crippen molar-refractivity contribution in [3.8, 4) is 0 Å². The second-order valence-electron chi connectivity index (χ2n) is 6.82. The number of likely N-dealkylation sites (N-methyl/N-ethyl adjacent to an activating group) is 1. The SMILES string of the molecule is CN(C)CCN1C(=O)C(=O)C(=C(O)c2ccc(F)cc2)[C@@H]1c1ccccc1F. The Morgan fingerprint density at radius 2 is 1.71 bits per heavy atom. The number of nitrogens with zero attached hydrogens (tertiary/aromatic N) is 2. The molecule has 2 aromatic rings. The van der Waals surface area contributed by atoms with Gasteiger partial charge >= 0.3 is 0 Å². The lowest BCUT2D eigenvalue weighted by Gasteiger charge is -2.26. The standard InChI is InChI=1S/C21H20F2N2O3/c1-24(2)11-12-25-18(15-5-3-4-6-16(15)23)17(20(27)21(25)28)19(26)13-7-9-14(22)10-8-13/h3-10,18,26H,11-12H2,1-2H3/t18-/m0/s1. The molecular formula is C21H20F2N2O3. The molecule has 0 spiro atoms. The van der Waals surface area contributed by atoms with Gasteiger partial charge in [-0.3, -0.25) is 9.59 Å². The number of carbonyl (C=O) groups is 2. The summed E-state index contributed by atoms with van der Waals surface area (Å²) in [4.78, 5) is 28.5. The molecule has 0 aromatic heterocycles. The molecule has 7 heteroatoms. The summed E-state index contributed by atoms with van der Waals surface area (Å²) in [7, 11) is 3.63. The van der Waals surface area contributed by atoms with Crippen LogP contribution in [0.4, 0.5) is 8.78 Å². The van der Waals surface area contributed by atoms with Crippen LogP contribution in [0.25, 0.3) is 5.76 Å². The fourth-order valence-corrected chi connectivity index (χ4v) is 3.20. The second-order valence-corrected chi connectivity index (χ2v) is 6.82. The molecule has 0 unspecified atom stereocenters. The van der Waals surface area contributed by atoms with Crippen molar-refractivity contribution in [2.75, 3.05) is 27.2 Å². The predicted octanol–water partition coefficient (Wildman–Crippen LogP) is 2.95. The van der Waals surface area contributed by atoms with Crippen molar-refractivity contribution >= 4 is 17.4 Å². The van der Waals surface area contributed by atoms with Gasteiger partial charge < -0.3 is 14.9 Å². The lowest BCUT2D eigenvalue weighted by molar-refractivity contribution is -0.140. The topological polar surface area (TPSA) is 60.9 Å². The zero-order chi connectivity index (χ0) is 20.4. The van der Waals surface area contributed by atoms with Gasteiger partial charge in [0, 0.05) is 24.2 Å². The summed E-state index contributed by atoms with van der Waals surface area (Å²) in [6, 6.07) is 9.63. The molecule has 146 valence electrons. The Balaban J connectivity index is 2.16. The van der Waals surface area contributed by atoms with Gasteiger partial charge in [0.1, 0.15) is 17.4 Å². The van der Waals surface area contributed by atoms with Crippen molar-refractivity contribution in [2.24, 2.45) is 0 Å². The molecular weight excluding hydrogens is 366 g/mol. The number of hydrogen-bond acceptors (Lipinski definition) is 4. The van der Waals surface area contributed by atoms with Gasteiger partial charge in [-0.1, -0.05) is 18.2 Å². The van der Waals surface area contributed by atoms with E-state index in [0.717, 1.165) is 12.1 Å². The Bertz CT molecular complexity index is 939. The van der Waals surface area contributed by atoms with Crippen LogP contribution in [0.15, 0.2) is 54.1 Å². The van der Waals surface area contributed by atoms with Crippen molar-refractivity contribution in [2.45, 2.75) is 6.04 Å². The first-order chi connectivity index (χ1) is 13.3. The molecule has 1 amide bonds. The number of rotatable bonds is 5. The zero-order valence-corrected chi connectivity index (χ0v) is 15.5. The summed E-state index contributed by atoms with van der Waals surface area (Å²) < 4.78 is 27.8. The molecule has 0 saturated carbocycles. The van der Waals surface area contributed by atoms with E-state index in [1.165, 1.54) is 35.2 Å². The lowest BCUT2D eigenvalue weighted by Crippen LogP contribution is -2.35. The fourth-order valence-electron chi connectivity index (χ4n) is 3.20. The monoisotopic (exact) mass is 386 g/mol. The summed E-state index contributed by atoms with van der Waals surface area (Å²) in [5, 5.41) is 10.7. The predicted molar refractivity (Wildman–Crippen MR) is 100 cm³/mol. The van der Waals surface area contributed by atoms with E-state index in [-0.39, 0.29) is 23.2 Å². The van der Waals surface area contributed by atoms with Crippen LogP contribution in [0.2, 0.25) is 0 Å². The van der Waals surface area contributed by atoms with Crippen LogP contribution in [0, 0.1) is 11.6 Å². The first-order valence-corrected chi connectivity index (χ1v) is 8.74. The van der Waals surface area contributed by atoms with Crippen LogP contribution in [-0.2, 0) is 9.59 Å². The quantitative estimate of drug-likeness (QED) is 0.488. The summed E-state index contributed by atoms with van der Waals surface area (Å²) >= 11 is 0.